The van der Waals surface area contributed by atoms with Crippen LogP contribution in [0.5, 0.6) is 0 Å². The first kappa shape index (κ1) is 18.3. The lowest BCUT2D eigenvalue weighted by molar-refractivity contribution is 0.102. The van der Waals surface area contributed by atoms with Crippen LogP contribution >= 0.6 is 0 Å². The molecular weight excluding hydrogens is 362 g/mol. The standard InChI is InChI=1S/C23H19N5O/c1-16-8-10-17(11-9-16)22(29)26-18-5-4-6-19(15-18)27-23-25-14-12-21(28-23)20-7-2-3-13-24-20/h2-15H,1H3,(H,26,29)(H,25,27,28). The summed E-state index contributed by atoms with van der Waals surface area (Å²) in [6.07, 6.45) is 3.41. The molecule has 142 valence electrons. The highest BCUT2D eigenvalue weighted by atomic mass is 16.1. The molecule has 4 rings (SSSR count). The van der Waals surface area contributed by atoms with Gasteiger partial charge in [0.15, 0.2) is 0 Å². The Morgan fingerprint density at radius 3 is 2.41 bits per heavy atom. The number of carbonyl (C=O) groups excluding carboxylic acids is 1. The molecule has 0 radical (unpaired) electrons. The Balaban J connectivity index is 1.49. The molecule has 0 aliphatic carbocycles. The van der Waals surface area contributed by atoms with Gasteiger partial charge in [-0.2, -0.15) is 0 Å². The smallest absolute Gasteiger partial charge is 0.255 e. The van der Waals surface area contributed by atoms with E-state index in [0.717, 1.165) is 22.6 Å². The van der Waals surface area contributed by atoms with E-state index in [1.807, 2.05) is 79.7 Å². The number of aromatic nitrogens is 3. The van der Waals surface area contributed by atoms with Crippen LogP contribution in [0.15, 0.2) is 85.2 Å². The second-order valence-corrected chi connectivity index (χ2v) is 6.51. The van der Waals surface area contributed by atoms with Gasteiger partial charge in [-0.05, 0) is 55.5 Å². The fourth-order valence-corrected chi connectivity index (χ4v) is 2.79. The summed E-state index contributed by atoms with van der Waals surface area (Å²) in [4.78, 5) is 25.5. The number of benzene rings is 2. The Morgan fingerprint density at radius 2 is 1.62 bits per heavy atom. The minimum absolute atomic E-state index is 0.157. The van der Waals surface area contributed by atoms with E-state index in [4.69, 9.17) is 0 Å². The molecule has 0 atom stereocenters. The van der Waals surface area contributed by atoms with E-state index in [0.29, 0.717) is 17.2 Å². The average molecular weight is 381 g/mol. The fourth-order valence-electron chi connectivity index (χ4n) is 2.79. The zero-order valence-electron chi connectivity index (χ0n) is 15.8. The van der Waals surface area contributed by atoms with Gasteiger partial charge in [0.1, 0.15) is 0 Å². The lowest BCUT2D eigenvalue weighted by Crippen LogP contribution is -2.11. The highest BCUT2D eigenvalue weighted by Crippen LogP contribution is 2.20. The molecule has 1 amide bonds. The van der Waals surface area contributed by atoms with E-state index in [9.17, 15) is 4.79 Å². The van der Waals surface area contributed by atoms with Crippen molar-refractivity contribution in [1.29, 1.82) is 0 Å². The normalized spacial score (nSPS) is 10.4. The van der Waals surface area contributed by atoms with Crippen LogP contribution in [-0.4, -0.2) is 20.9 Å². The number of hydrogen-bond acceptors (Lipinski definition) is 5. The molecule has 2 aromatic carbocycles. The zero-order chi connectivity index (χ0) is 20.1. The van der Waals surface area contributed by atoms with E-state index >= 15 is 0 Å². The second kappa shape index (κ2) is 8.31. The Kier molecular flexibility index (Phi) is 5.25. The minimum Gasteiger partial charge on any atom is -0.324 e. The largest absolute Gasteiger partial charge is 0.324 e. The Morgan fingerprint density at radius 1 is 0.793 bits per heavy atom. The number of aryl methyl sites for hydroxylation is 1. The second-order valence-electron chi connectivity index (χ2n) is 6.51. The van der Waals surface area contributed by atoms with Crippen molar-refractivity contribution in [2.24, 2.45) is 0 Å². The van der Waals surface area contributed by atoms with Crippen molar-refractivity contribution in [3.8, 4) is 11.4 Å². The van der Waals surface area contributed by atoms with Gasteiger partial charge in [0.2, 0.25) is 5.95 Å². The van der Waals surface area contributed by atoms with Gasteiger partial charge in [0, 0.05) is 29.3 Å². The summed E-state index contributed by atoms with van der Waals surface area (Å²) in [5.74, 6) is 0.297. The van der Waals surface area contributed by atoms with Gasteiger partial charge in [-0.3, -0.25) is 9.78 Å². The predicted molar refractivity (Wildman–Crippen MR) is 114 cm³/mol. The molecule has 0 spiro atoms. The van der Waals surface area contributed by atoms with Crippen molar-refractivity contribution in [1.82, 2.24) is 15.0 Å². The van der Waals surface area contributed by atoms with Crippen LogP contribution in [0.4, 0.5) is 17.3 Å². The number of nitrogens with zero attached hydrogens (tertiary/aromatic N) is 3. The number of amides is 1. The summed E-state index contributed by atoms with van der Waals surface area (Å²) < 4.78 is 0. The maximum absolute atomic E-state index is 12.4. The minimum atomic E-state index is -0.157. The number of pyridine rings is 1. The zero-order valence-corrected chi connectivity index (χ0v) is 15.8. The molecule has 6 heteroatoms. The Bertz CT molecular complexity index is 1130. The van der Waals surface area contributed by atoms with E-state index < -0.39 is 0 Å². The molecule has 0 aliphatic heterocycles. The first-order valence-corrected chi connectivity index (χ1v) is 9.17. The third kappa shape index (κ3) is 4.62. The van der Waals surface area contributed by atoms with Crippen LogP contribution in [0.2, 0.25) is 0 Å². The molecule has 4 aromatic rings. The SMILES string of the molecule is Cc1ccc(C(=O)Nc2cccc(Nc3nccc(-c4ccccn4)n3)c2)cc1. The maximum Gasteiger partial charge on any atom is 0.255 e. The summed E-state index contributed by atoms with van der Waals surface area (Å²) in [5, 5.41) is 6.08. The van der Waals surface area contributed by atoms with Gasteiger partial charge in [0.05, 0.1) is 11.4 Å². The highest BCUT2D eigenvalue weighted by Gasteiger charge is 2.07. The van der Waals surface area contributed by atoms with Crippen molar-refractivity contribution in [2.45, 2.75) is 6.92 Å². The summed E-state index contributed by atoms with van der Waals surface area (Å²) >= 11 is 0. The molecule has 2 aromatic heterocycles. The molecule has 0 aliphatic rings. The Hall–Kier alpha value is -4.06. The predicted octanol–water partition coefficient (Wildman–Crippen LogP) is 4.84. The molecule has 0 saturated carbocycles. The van der Waals surface area contributed by atoms with Crippen LogP contribution in [-0.2, 0) is 0 Å². The Labute approximate surface area is 168 Å². The molecule has 2 heterocycles. The third-order valence-electron chi connectivity index (χ3n) is 4.27. The van der Waals surface area contributed by atoms with Crippen LogP contribution in [0, 0.1) is 6.92 Å². The molecule has 6 nitrogen and oxygen atoms in total. The number of carbonyl (C=O) groups is 1. The maximum atomic E-state index is 12.4. The monoisotopic (exact) mass is 381 g/mol. The van der Waals surface area contributed by atoms with Crippen LogP contribution in [0.25, 0.3) is 11.4 Å². The summed E-state index contributed by atoms with van der Waals surface area (Å²) in [7, 11) is 0. The fraction of sp³-hybridized carbons (Fsp3) is 0.0435. The summed E-state index contributed by atoms with van der Waals surface area (Å²) in [5.41, 5.74) is 4.68. The van der Waals surface area contributed by atoms with E-state index in [1.54, 1.807) is 12.4 Å². The van der Waals surface area contributed by atoms with Gasteiger partial charge < -0.3 is 10.6 Å². The van der Waals surface area contributed by atoms with Gasteiger partial charge in [-0.1, -0.05) is 29.8 Å². The van der Waals surface area contributed by atoms with E-state index in [-0.39, 0.29) is 5.91 Å². The summed E-state index contributed by atoms with van der Waals surface area (Å²) in [6, 6.07) is 22.3. The third-order valence-corrected chi connectivity index (χ3v) is 4.27. The first-order chi connectivity index (χ1) is 14.2. The number of rotatable bonds is 5. The van der Waals surface area contributed by atoms with Crippen molar-refractivity contribution < 1.29 is 4.79 Å². The number of nitrogens with one attached hydrogen (secondary N) is 2. The molecule has 0 bridgehead atoms. The van der Waals surface area contributed by atoms with Gasteiger partial charge >= 0.3 is 0 Å². The van der Waals surface area contributed by atoms with Gasteiger partial charge in [-0.15, -0.1) is 0 Å². The molecule has 2 N–H and O–H groups in total. The van der Waals surface area contributed by atoms with Gasteiger partial charge in [-0.25, -0.2) is 9.97 Å². The van der Waals surface area contributed by atoms with Crippen molar-refractivity contribution in [3.63, 3.8) is 0 Å². The van der Waals surface area contributed by atoms with Gasteiger partial charge in [0.25, 0.3) is 5.91 Å². The highest BCUT2D eigenvalue weighted by molar-refractivity contribution is 6.04. The van der Waals surface area contributed by atoms with Crippen LogP contribution in [0.1, 0.15) is 15.9 Å². The van der Waals surface area contributed by atoms with Crippen molar-refractivity contribution in [3.05, 3.63) is 96.3 Å². The molecular formula is C23H19N5O. The average Bonchev–Trinajstić information content (AvgIpc) is 2.75. The van der Waals surface area contributed by atoms with Crippen LogP contribution in [0.3, 0.4) is 0 Å². The quantitative estimate of drug-likeness (QED) is 0.517. The molecule has 0 saturated heterocycles. The van der Waals surface area contributed by atoms with Crippen LogP contribution < -0.4 is 10.6 Å². The molecule has 0 fully saturated rings. The number of anilines is 3. The van der Waals surface area contributed by atoms with Crippen molar-refractivity contribution in [2.75, 3.05) is 10.6 Å². The molecule has 29 heavy (non-hydrogen) atoms. The number of hydrogen-bond donors (Lipinski definition) is 2. The lowest BCUT2D eigenvalue weighted by Gasteiger charge is -2.09. The first-order valence-electron chi connectivity index (χ1n) is 9.17. The van der Waals surface area contributed by atoms with Crippen molar-refractivity contribution >= 4 is 23.2 Å². The van der Waals surface area contributed by atoms with E-state index in [2.05, 4.69) is 25.6 Å². The summed E-state index contributed by atoms with van der Waals surface area (Å²) in [6.45, 7) is 1.99. The lowest BCUT2D eigenvalue weighted by atomic mass is 10.1. The van der Waals surface area contributed by atoms with E-state index in [1.165, 1.54) is 0 Å². The topological polar surface area (TPSA) is 79.8 Å². The molecule has 0 unspecified atom stereocenters.